The van der Waals surface area contributed by atoms with Crippen molar-refractivity contribution in [3.63, 3.8) is 0 Å². The number of benzene rings is 3. The van der Waals surface area contributed by atoms with Crippen molar-refractivity contribution >= 4 is 76.8 Å². The van der Waals surface area contributed by atoms with Gasteiger partial charge in [-0.25, -0.2) is 22.8 Å². The van der Waals surface area contributed by atoms with Crippen molar-refractivity contribution in [2.24, 2.45) is 5.41 Å². The highest BCUT2D eigenvalue weighted by atomic mass is 35.5. The van der Waals surface area contributed by atoms with Gasteiger partial charge in [-0.05, 0) is 109 Å². The number of carbonyl (C=O) groups excluding carboxylic acids is 1. The van der Waals surface area contributed by atoms with Gasteiger partial charge >= 0.3 is 5.69 Å². The second-order valence-corrected chi connectivity index (χ2v) is 23.1. The first-order valence-corrected chi connectivity index (χ1v) is 26.4. The van der Waals surface area contributed by atoms with Gasteiger partial charge in [-0.1, -0.05) is 43.2 Å². The number of nitro groups is 1. The van der Waals surface area contributed by atoms with Crippen LogP contribution in [0, 0.1) is 15.5 Å². The van der Waals surface area contributed by atoms with E-state index in [4.69, 9.17) is 26.1 Å². The van der Waals surface area contributed by atoms with E-state index in [1.807, 2.05) is 36.4 Å². The zero-order valence-electron chi connectivity index (χ0n) is 38.5. The summed E-state index contributed by atoms with van der Waals surface area (Å²) >= 11 is 6.27. The van der Waals surface area contributed by atoms with Crippen LogP contribution >= 0.6 is 11.6 Å². The van der Waals surface area contributed by atoms with E-state index < -0.39 is 31.4 Å². The minimum absolute atomic E-state index is 0.0350. The number of aromatic nitrogens is 4. The first kappa shape index (κ1) is 46.1. The van der Waals surface area contributed by atoms with Gasteiger partial charge in [-0.15, -0.1) is 0 Å². The van der Waals surface area contributed by atoms with Crippen molar-refractivity contribution < 1.29 is 27.6 Å². The Morgan fingerprint density at radius 2 is 1.84 bits per heavy atom. The Morgan fingerprint density at radius 3 is 2.60 bits per heavy atom. The third kappa shape index (κ3) is 9.80. The van der Waals surface area contributed by atoms with E-state index in [1.54, 1.807) is 23.1 Å². The number of nitrogens with one attached hydrogen (secondary N) is 2. The first-order chi connectivity index (χ1) is 32.7. The summed E-state index contributed by atoms with van der Waals surface area (Å²) in [6.45, 7) is 11.1. The monoisotopic (exact) mass is 977 g/mol. The number of halogens is 1. The van der Waals surface area contributed by atoms with E-state index in [1.165, 1.54) is 41.7 Å². The molecule has 2 saturated heterocycles. The molecule has 19 heteroatoms. The summed E-state index contributed by atoms with van der Waals surface area (Å²) in [5.41, 5.74) is 7.17. The van der Waals surface area contributed by atoms with Gasteiger partial charge in [-0.2, -0.15) is 5.10 Å². The number of anilines is 1. The number of aromatic amines is 1. The van der Waals surface area contributed by atoms with Crippen LogP contribution in [0.5, 0.6) is 5.75 Å². The van der Waals surface area contributed by atoms with Crippen LogP contribution in [-0.4, -0.2) is 130 Å². The number of rotatable bonds is 13. The van der Waals surface area contributed by atoms with E-state index in [0.717, 1.165) is 97.5 Å². The summed E-state index contributed by atoms with van der Waals surface area (Å²) in [5.74, 6) is -1.00. The van der Waals surface area contributed by atoms with Crippen LogP contribution < -0.4 is 14.4 Å². The second kappa shape index (κ2) is 18.7. The van der Waals surface area contributed by atoms with Crippen molar-refractivity contribution in [2.45, 2.75) is 68.5 Å². The van der Waals surface area contributed by atoms with Crippen LogP contribution in [0.2, 0.25) is 10.6 Å². The van der Waals surface area contributed by atoms with Gasteiger partial charge in [0, 0.05) is 90.5 Å². The number of fused-ring (bicyclic) bond motifs is 2. The molecule has 2 atom stereocenters. The highest BCUT2D eigenvalue weighted by Crippen LogP contribution is 2.43. The molecule has 5 heterocycles. The molecule has 1 unspecified atom stereocenters. The Balaban J connectivity index is 0.888. The molecule has 1 amide bonds. The molecule has 4 aliphatic rings. The van der Waals surface area contributed by atoms with Gasteiger partial charge < -0.3 is 19.4 Å². The lowest BCUT2D eigenvalue weighted by atomic mass is 9.72. The van der Waals surface area contributed by atoms with E-state index >= 15 is 0 Å². The van der Waals surface area contributed by atoms with Crippen molar-refractivity contribution in [3.8, 4) is 11.4 Å². The molecule has 3 aromatic heterocycles. The molecular weight excluding hydrogens is 922 g/mol. The largest absolute Gasteiger partial charge is 0.484 e. The number of ether oxygens (including phenoxy) is 2. The van der Waals surface area contributed by atoms with Crippen molar-refractivity contribution in [1.29, 1.82) is 0 Å². The highest BCUT2D eigenvalue weighted by molar-refractivity contribution is 7.90. The smallest absolute Gasteiger partial charge is 0.312 e. The number of carbonyl (C=O) groups is 1. The van der Waals surface area contributed by atoms with E-state index in [9.17, 15) is 23.3 Å². The Morgan fingerprint density at radius 1 is 1.04 bits per heavy atom. The SMILES string of the molecule is CC1(C)CCC(CN2CCN(c3ccc(C(=O)NS(=O)(=O)c4ccc(OC[C@H]5OCCN(C6CC6)CC5[SiH3])c([N+](=O)[O-])c4)c(-n4ncc5nc6[nH]ccc6cc54)c3)CC2)=C(c2ccc(Cl)cc2)C1. The Kier molecular flexibility index (Phi) is 12.7. The van der Waals surface area contributed by atoms with E-state index in [-0.39, 0.29) is 35.0 Å². The lowest BCUT2D eigenvalue weighted by Gasteiger charge is -2.39. The van der Waals surface area contributed by atoms with Gasteiger partial charge in [0.15, 0.2) is 5.75 Å². The predicted octanol–water partition coefficient (Wildman–Crippen LogP) is 6.76. The average Bonchev–Trinajstić information content (AvgIpc) is 3.98. The summed E-state index contributed by atoms with van der Waals surface area (Å²) in [6.07, 6.45) is 8.76. The summed E-state index contributed by atoms with van der Waals surface area (Å²) in [5, 5.41) is 18.6. The summed E-state index contributed by atoms with van der Waals surface area (Å²) in [4.78, 5) is 40.6. The number of hydrogen-bond acceptors (Lipinski definition) is 12. The molecule has 0 radical (unpaired) electrons. The van der Waals surface area contributed by atoms with E-state index in [0.29, 0.717) is 35.0 Å². The van der Waals surface area contributed by atoms with Crippen molar-refractivity contribution in [3.05, 3.63) is 117 Å². The maximum Gasteiger partial charge on any atom is 0.312 e. The molecule has 68 heavy (non-hydrogen) atoms. The molecule has 16 nitrogen and oxygen atoms in total. The number of sulfonamides is 1. The minimum Gasteiger partial charge on any atom is -0.484 e. The third-order valence-corrected chi connectivity index (χ3v) is 16.7. The first-order valence-electron chi connectivity index (χ1n) is 23.4. The molecule has 3 aromatic carbocycles. The number of pyridine rings is 1. The molecule has 0 spiro atoms. The molecule has 0 bridgehead atoms. The average molecular weight is 979 g/mol. The maximum atomic E-state index is 14.3. The zero-order valence-corrected chi connectivity index (χ0v) is 42.1. The fourth-order valence-corrected chi connectivity index (χ4v) is 11.9. The third-order valence-electron chi connectivity index (χ3n) is 14.0. The number of piperazine rings is 1. The zero-order chi connectivity index (χ0) is 47.3. The van der Waals surface area contributed by atoms with Crippen molar-refractivity contribution in [2.75, 3.05) is 63.9 Å². The van der Waals surface area contributed by atoms with Gasteiger partial charge in [0.1, 0.15) is 17.8 Å². The summed E-state index contributed by atoms with van der Waals surface area (Å²) in [7, 11) is -3.76. The fraction of sp³-hybridized carbons (Fsp3) is 0.408. The van der Waals surface area contributed by atoms with Crippen LogP contribution in [0.25, 0.3) is 33.3 Å². The molecular formula is C49H56ClN9O7SSi. The highest BCUT2D eigenvalue weighted by Gasteiger charge is 2.35. The Bertz CT molecular complexity index is 3040. The maximum absolute atomic E-state index is 14.3. The van der Waals surface area contributed by atoms with Gasteiger partial charge in [0.05, 0.1) is 45.5 Å². The number of allylic oxidation sites excluding steroid dienone is 1. The fourth-order valence-electron chi connectivity index (χ4n) is 9.98. The Hall–Kier alpha value is -5.63. The molecule has 2 aliphatic heterocycles. The number of hydrogen-bond donors (Lipinski definition) is 2. The van der Waals surface area contributed by atoms with Gasteiger partial charge in [0.25, 0.3) is 15.9 Å². The predicted molar refractivity (Wildman–Crippen MR) is 267 cm³/mol. The molecule has 3 fully saturated rings. The summed E-state index contributed by atoms with van der Waals surface area (Å²) < 4.78 is 43.8. The molecule has 2 N–H and O–H groups in total. The second-order valence-electron chi connectivity index (χ2n) is 19.5. The topological polar surface area (TPSA) is 181 Å². The number of H-pyrrole nitrogens is 1. The molecule has 6 aromatic rings. The summed E-state index contributed by atoms with van der Waals surface area (Å²) in [6, 6.07) is 21.3. The molecule has 2 aliphatic carbocycles. The quantitative estimate of drug-likeness (QED) is 0.0706. The lowest BCUT2D eigenvalue weighted by Crippen LogP contribution is -2.47. The number of nitrogens with zero attached hydrogens (tertiary/aromatic N) is 7. The van der Waals surface area contributed by atoms with E-state index in [2.05, 4.69) is 55.5 Å². The van der Waals surface area contributed by atoms with Crippen LogP contribution in [0.15, 0.2) is 95.7 Å². The van der Waals surface area contributed by atoms with Gasteiger partial charge in [-0.3, -0.25) is 24.7 Å². The molecule has 356 valence electrons. The number of amides is 1. The number of nitro benzene ring substituents is 1. The molecule has 10 rings (SSSR count). The standard InChI is InChI=1S/C49H56ClN9O7SSi/c1-49(2)15-13-33(39(26-49)31-3-5-34(50)6-4-31)28-55-17-19-56(20-18-55)36-9-11-38(41(24-36)58-42-23-32-14-16-51-47(32)53-40(42)27-52-58)48(60)54-67(63,64)37-10-12-44(43(25-37)59(61)62)66-30-45-46(68)29-57(21-22-65-45)35-7-8-35/h3-6,9-12,14,16,23-25,27,35,45-46H,7-8,13,15,17-22,26,28-30H2,1-2,68H3,(H,51,53)(H,54,60)/t45-,46?/m1/s1. The normalized spacial score (nSPS) is 20.8. The van der Waals surface area contributed by atoms with Crippen LogP contribution in [-0.2, 0) is 14.8 Å². The van der Waals surface area contributed by atoms with Crippen LogP contribution in [0.3, 0.4) is 0 Å². The lowest BCUT2D eigenvalue weighted by molar-refractivity contribution is -0.386. The minimum atomic E-state index is -4.62. The van der Waals surface area contributed by atoms with Gasteiger partial charge in [0.2, 0.25) is 0 Å². The van der Waals surface area contributed by atoms with Crippen LogP contribution in [0.4, 0.5) is 11.4 Å². The Labute approximate surface area is 403 Å². The van der Waals surface area contributed by atoms with Crippen molar-refractivity contribution in [1.82, 2.24) is 34.3 Å². The molecule has 1 saturated carbocycles. The van der Waals surface area contributed by atoms with Crippen LogP contribution in [0.1, 0.15) is 61.9 Å².